The van der Waals surface area contributed by atoms with Crippen LogP contribution in [0, 0.1) is 0 Å². The molecule has 5 heteroatoms. The number of hydrogen-bond donors (Lipinski definition) is 0. The van der Waals surface area contributed by atoms with Gasteiger partial charge in [-0.15, -0.1) is 0 Å². The molecule has 14 heavy (non-hydrogen) atoms. The first kappa shape index (κ1) is 13.2. The van der Waals surface area contributed by atoms with E-state index in [9.17, 15) is 9.59 Å². The third-order valence-electron chi connectivity index (χ3n) is 1.35. The van der Waals surface area contributed by atoms with Gasteiger partial charge in [-0.25, -0.2) is 4.79 Å². The van der Waals surface area contributed by atoms with Crippen LogP contribution in [0.25, 0.3) is 0 Å². The molecule has 0 aliphatic heterocycles. The molecule has 4 nitrogen and oxygen atoms in total. The topological polar surface area (TPSA) is 46.6 Å². The number of hydrogen-bond acceptors (Lipinski definition) is 3. The molecule has 0 saturated carbocycles. The van der Waals surface area contributed by atoms with E-state index in [1.165, 1.54) is 4.90 Å². The minimum absolute atomic E-state index is 0.118. The van der Waals surface area contributed by atoms with Gasteiger partial charge in [0.25, 0.3) is 0 Å². The van der Waals surface area contributed by atoms with Gasteiger partial charge < -0.3 is 4.74 Å². The second kappa shape index (κ2) is 5.20. The van der Waals surface area contributed by atoms with E-state index in [-0.39, 0.29) is 6.54 Å². The van der Waals surface area contributed by atoms with Gasteiger partial charge in [0.05, 0.1) is 6.54 Å². The molecule has 0 heterocycles. The highest BCUT2D eigenvalue weighted by Gasteiger charge is 2.21. The summed E-state index contributed by atoms with van der Waals surface area (Å²) >= 11 is 5.18. The van der Waals surface area contributed by atoms with Crippen LogP contribution in [0.4, 0.5) is 4.79 Å². The maximum Gasteiger partial charge on any atom is 0.410 e. The van der Waals surface area contributed by atoms with Crippen molar-refractivity contribution in [2.24, 2.45) is 0 Å². The zero-order valence-electron chi connectivity index (χ0n) is 8.96. The van der Waals surface area contributed by atoms with E-state index >= 15 is 0 Å². The first-order valence-corrected chi connectivity index (χ1v) is 4.80. The Labute approximate surface area is 89.2 Å². The Morgan fingerprint density at radius 3 is 2.14 bits per heavy atom. The van der Waals surface area contributed by atoms with E-state index in [0.29, 0.717) is 6.54 Å². The van der Waals surface area contributed by atoms with Crippen LogP contribution in [0.1, 0.15) is 27.7 Å². The molecular formula is C9H16ClNO3. The van der Waals surface area contributed by atoms with E-state index < -0.39 is 16.9 Å². The lowest BCUT2D eigenvalue weighted by atomic mass is 10.2. The Hall–Kier alpha value is -0.770. The van der Waals surface area contributed by atoms with Crippen molar-refractivity contribution in [3.05, 3.63) is 0 Å². The largest absolute Gasteiger partial charge is 0.444 e. The van der Waals surface area contributed by atoms with Gasteiger partial charge in [0.1, 0.15) is 5.60 Å². The summed E-state index contributed by atoms with van der Waals surface area (Å²) in [5.74, 6) is 0. The Morgan fingerprint density at radius 2 is 1.86 bits per heavy atom. The lowest BCUT2D eigenvalue weighted by Crippen LogP contribution is -2.38. The van der Waals surface area contributed by atoms with Crippen LogP contribution >= 0.6 is 11.6 Å². The monoisotopic (exact) mass is 221 g/mol. The average molecular weight is 222 g/mol. The summed E-state index contributed by atoms with van der Waals surface area (Å²) in [6, 6.07) is 0. The van der Waals surface area contributed by atoms with Crippen molar-refractivity contribution in [2.75, 3.05) is 13.1 Å². The quantitative estimate of drug-likeness (QED) is 0.685. The van der Waals surface area contributed by atoms with E-state index in [1.54, 1.807) is 27.7 Å². The maximum absolute atomic E-state index is 11.4. The smallest absolute Gasteiger partial charge is 0.410 e. The van der Waals surface area contributed by atoms with Gasteiger partial charge in [-0.05, 0) is 39.3 Å². The van der Waals surface area contributed by atoms with Gasteiger partial charge in [-0.2, -0.15) is 0 Å². The molecule has 0 fully saturated rings. The van der Waals surface area contributed by atoms with Crippen molar-refractivity contribution in [1.29, 1.82) is 0 Å². The summed E-state index contributed by atoms with van der Waals surface area (Å²) in [6.07, 6.45) is -0.519. The lowest BCUT2D eigenvalue weighted by Gasteiger charge is -2.25. The highest BCUT2D eigenvalue weighted by Crippen LogP contribution is 2.09. The molecule has 0 aromatic carbocycles. The van der Waals surface area contributed by atoms with Crippen LogP contribution in [0.3, 0.4) is 0 Å². The zero-order chi connectivity index (χ0) is 11.4. The molecule has 0 aromatic heterocycles. The Kier molecular flexibility index (Phi) is 4.91. The standard InChI is InChI=1S/C9H16ClNO3/c1-5-11(6-7(10)12)8(13)14-9(2,3)4/h5-6H2,1-4H3. The van der Waals surface area contributed by atoms with Crippen molar-refractivity contribution in [3.63, 3.8) is 0 Å². The molecule has 0 aliphatic rings. The Morgan fingerprint density at radius 1 is 1.36 bits per heavy atom. The molecule has 1 amide bonds. The van der Waals surface area contributed by atoms with E-state index in [2.05, 4.69) is 0 Å². The third-order valence-corrected chi connectivity index (χ3v) is 1.47. The van der Waals surface area contributed by atoms with Crippen LogP contribution in [0.2, 0.25) is 0 Å². The average Bonchev–Trinajstić information content (AvgIpc) is 1.96. The predicted molar refractivity (Wildman–Crippen MR) is 54.3 cm³/mol. The fourth-order valence-corrected chi connectivity index (χ4v) is 0.926. The highest BCUT2D eigenvalue weighted by atomic mass is 35.5. The van der Waals surface area contributed by atoms with Crippen molar-refractivity contribution >= 4 is 22.9 Å². The predicted octanol–water partition coefficient (Wildman–Crippen LogP) is 2.01. The number of rotatable bonds is 3. The van der Waals surface area contributed by atoms with Gasteiger partial charge in [0.2, 0.25) is 5.24 Å². The van der Waals surface area contributed by atoms with Gasteiger partial charge in [0, 0.05) is 6.54 Å². The van der Waals surface area contributed by atoms with Gasteiger partial charge in [-0.1, -0.05) is 0 Å². The summed E-state index contributed by atoms with van der Waals surface area (Å²) in [4.78, 5) is 23.3. The van der Waals surface area contributed by atoms with Crippen LogP contribution in [0.5, 0.6) is 0 Å². The normalized spacial score (nSPS) is 10.9. The lowest BCUT2D eigenvalue weighted by molar-refractivity contribution is -0.112. The highest BCUT2D eigenvalue weighted by molar-refractivity contribution is 6.64. The fourth-order valence-electron chi connectivity index (χ4n) is 0.782. The molecule has 82 valence electrons. The number of likely N-dealkylation sites (N-methyl/N-ethyl adjacent to an activating group) is 1. The van der Waals surface area contributed by atoms with Crippen molar-refractivity contribution in [3.8, 4) is 0 Å². The molecule has 0 bridgehead atoms. The molecule has 0 radical (unpaired) electrons. The molecular weight excluding hydrogens is 206 g/mol. The molecule has 0 atom stereocenters. The van der Waals surface area contributed by atoms with Crippen molar-refractivity contribution in [2.45, 2.75) is 33.3 Å². The van der Waals surface area contributed by atoms with Gasteiger partial charge in [-0.3, -0.25) is 9.69 Å². The van der Waals surface area contributed by atoms with Crippen LogP contribution in [0.15, 0.2) is 0 Å². The summed E-state index contributed by atoms with van der Waals surface area (Å²) in [7, 11) is 0. The van der Waals surface area contributed by atoms with E-state index in [1.807, 2.05) is 0 Å². The Balaban J connectivity index is 4.25. The van der Waals surface area contributed by atoms with E-state index in [4.69, 9.17) is 16.3 Å². The molecule has 0 aromatic rings. The Bertz CT molecular complexity index is 223. The second-order valence-corrected chi connectivity index (χ2v) is 4.27. The third kappa shape index (κ3) is 5.80. The zero-order valence-corrected chi connectivity index (χ0v) is 9.72. The fraction of sp³-hybridized carbons (Fsp3) is 0.778. The number of carbonyl (C=O) groups is 2. The number of halogens is 1. The molecule has 0 N–H and O–H groups in total. The van der Waals surface area contributed by atoms with E-state index in [0.717, 1.165) is 0 Å². The first-order valence-electron chi connectivity index (χ1n) is 4.42. The minimum Gasteiger partial charge on any atom is -0.444 e. The number of ether oxygens (including phenoxy) is 1. The minimum atomic E-state index is -0.572. The molecule has 0 rings (SSSR count). The summed E-state index contributed by atoms with van der Waals surface area (Å²) in [6.45, 7) is 7.33. The molecule has 0 saturated heterocycles. The maximum atomic E-state index is 11.4. The second-order valence-electron chi connectivity index (χ2n) is 3.85. The summed E-state index contributed by atoms with van der Waals surface area (Å²) < 4.78 is 5.07. The van der Waals surface area contributed by atoms with Crippen LogP contribution in [-0.4, -0.2) is 34.9 Å². The van der Waals surface area contributed by atoms with Crippen molar-refractivity contribution < 1.29 is 14.3 Å². The molecule has 0 unspecified atom stereocenters. The molecule has 0 aliphatic carbocycles. The van der Waals surface area contributed by atoms with Gasteiger partial charge >= 0.3 is 6.09 Å². The SMILES string of the molecule is CCN(CC(=O)Cl)C(=O)OC(C)(C)C. The number of carbonyl (C=O) groups excluding carboxylic acids is 2. The van der Waals surface area contributed by atoms with Crippen molar-refractivity contribution in [1.82, 2.24) is 4.90 Å². The van der Waals surface area contributed by atoms with Crippen LogP contribution in [-0.2, 0) is 9.53 Å². The van der Waals surface area contributed by atoms with Crippen LogP contribution < -0.4 is 0 Å². The van der Waals surface area contributed by atoms with Gasteiger partial charge in [0.15, 0.2) is 0 Å². The molecule has 0 spiro atoms. The number of amides is 1. The first-order chi connectivity index (χ1) is 6.26. The summed E-state index contributed by atoms with van der Waals surface area (Å²) in [5, 5.41) is -0.572. The number of nitrogens with zero attached hydrogens (tertiary/aromatic N) is 1. The summed E-state index contributed by atoms with van der Waals surface area (Å²) in [5.41, 5.74) is -0.556.